The van der Waals surface area contributed by atoms with E-state index in [1.807, 2.05) is 0 Å². The van der Waals surface area contributed by atoms with Gasteiger partial charge in [-0.05, 0) is 31.2 Å². The first-order chi connectivity index (χ1) is 9.58. The second-order valence-corrected chi connectivity index (χ2v) is 4.48. The highest BCUT2D eigenvalue weighted by Crippen LogP contribution is 2.19. The van der Waals surface area contributed by atoms with E-state index in [9.17, 15) is 9.18 Å². The maximum atomic E-state index is 12.8. The van der Waals surface area contributed by atoms with Crippen LogP contribution in [0.2, 0.25) is 0 Å². The molecule has 0 saturated heterocycles. The average Bonchev–Trinajstić information content (AvgIpc) is 2.87. The summed E-state index contributed by atoms with van der Waals surface area (Å²) in [6.07, 6.45) is 1.46. The van der Waals surface area contributed by atoms with Gasteiger partial charge in [0.15, 0.2) is 0 Å². The van der Waals surface area contributed by atoms with Gasteiger partial charge in [0.25, 0.3) is 0 Å². The molecule has 5 nitrogen and oxygen atoms in total. The van der Waals surface area contributed by atoms with Crippen LogP contribution in [0.25, 0.3) is 11.5 Å². The van der Waals surface area contributed by atoms with Crippen molar-refractivity contribution in [2.24, 2.45) is 0 Å². The summed E-state index contributed by atoms with van der Waals surface area (Å²) in [6.45, 7) is 1.58. The number of aliphatic hydroxyl groups is 1. The summed E-state index contributed by atoms with van der Waals surface area (Å²) in [5.74, 6) is -0.244. The molecule has 2 aromatic rings. The summed E-state index contributed by atoms with van der Waals surface area (Å²) in [6, 6.07) is 5.44. The number of halogens is 1. The number of oxazole rings is 1. The quantitative estimate of drug-likeness (QED) is 0.869. The van der Waals surface area contributed by atoms with Crippen LogP contribution in [0, 0.1) is 5.82 Å². The summed E-state index contributed by atoms with van der Waals surface area (Å²) in [4.78, 5) is 15.8. The number of hydrogen-bond donors (Lipinski definition) is 2. The number of carbonyl (C=O) groups is 1. The van der Waals surface area contributed by atoms with Crippen LogP contribution in [0.5, 0.6) is 0 Å². The van der Waals surface area contributed by atoms with Gasteiger partial charge in [-0.1, -0.05) is 0 Å². The molecule has 0 bridgehead atoms. The lowest BCUT2D eigenvalue weighted by molar-refractivity contribution is -0.121. The first-order valence-electron chi connectivity index (χ1n) is 6.19. The lowest BCUT2D eigenvalue weighted by atomic mass is 10.2. The summed E-state index contributed by atoms with van der Waals surface area (Å²) >= 11 is 0. The Kier molecular flexibility index (Phi) is 4.47. The SMILES string of the molecule is CC(CO)NC(=O)Cc1coc(-c2ccc(F)cc2)n1. The maximum absolute atomic E-state index is 12.8. The Labute approximate surface area is 115 Å². The second kappa shape index (κ2) is 6.29. The third kappa shape index (κ3) is 3.64. The zero-order valence-corrected chi connectivity index (χ0v) is 11.0. The second-order valence-electron chi connectivity index (χ2n) is 4.48. The smallest absolute Gasteiger partial charge is 0.226 e. The van der Waals surface area contributed by atoms with E-state index in [1.54, 1.807) is 19.1 Å². The van der Waals surface area contributed by atoms with E-state index in [-0.39, 0.29) is 30.8 Å². The molecule has 1 atom stereocenters. The molecule has 0 saturated carbocycles. The molecule has 1 aromatic heterocycles. The summed E-state index contributed by atoms with van der Waals surface area (Å²) in [5.41, 5.74) is 1.12. The first-order valence-corrected chi connectivity index (χ1v) is 6.19. The van der Waals surface area contributed by atoms with Crippen LogP contribution in [0.4, 0.5) is 4.39 Å². The predicted molar refractivity (Wildman–Crippen MR) is 70.3 cm³/mol. The van der Waals surface area contributed by atoms with Crippen LogP contribution in [-0.4, -0.2) is 28.6 Å². The number of aliphatic hydroxyl groups excluding tert-OH is 1. The molecule has 20 heavy (non-hydrogen) atoms. The zero-order chi connectivity index (χ0) is 14.5. The normalized spacial score (nSPS) is 12.2. The fourth-order valence-corrected chi connectivity index (χ4v) is 1.65. The Balaban J connectivity index is 2.02. The molecule has 1 heterocycles. The van der Waals surface area contributed by atoms with Crippen molar-refractivity contribution < 1.29 is 18.7 Å². The Morgan fingerprint density at radius 1 is 1.45 bits per heavy atom. The Morgan fingerprint density at radius 3 is 2.80 bits per heavy atom. The lowest BCUT2D eigenvalue weighted by Gasteiger charge is -2.09. The van der Waals surface area contributed by atoms with E-state index in [2.05, 4.69) is 10.3 Å². The van der Waals surface area contributed by atoms with Crippen molar-refractivity contribution in [1.29, 1.82) is 0 Å². The van der Waals surface area contributed by atoms with Crippen molar-refractivity contribution in [2.75, 3.05) is 6.61 Å². The summed E-state index contributed by atoms with van der Waals surface area (Å²) in [5, 5.41) is 11.5. The summed E-state index contributed by atoms with van der Waals surface area (Å²) in [7, 11) is 0. The number of hydrogen-bond acceptors (Lipinski definition) is 4. The largest absolute Gasteiger partial charge is 0.444 e. The Bertz CT molecular complexity index is 580. The first kappa shape index (κ1) is 14.2. The van der Waals surface area contributed by atoms with Crippen LogP contribution in [0.1, 0.15) is 12.6 Å². The lowest BCUT2D eigenvalue weighted by Crippen LogP contribution is -2.36. The molecule has 2 N–H and O–H groups in total. The Hall–Kier alpha value is -2.21. The van der Waals surface area contributed by atoms with Crippen molar-refractivity contribution >= 4 is 5.91 Å². The maximum Gasteiger partial charge on any atom is 0.226 e. The number of carbonyl (C=O) groups excluding carboxylic acids is 1. The van der Waals surface area contributed by atoms with Gasteiger partial charge in [-0.3, -0.25) is 4.79 Å². The third-order valence-electron chi connectivity index (χ3n) is 2.67. The average molecular weight is 278 g/mol. The van der Waals surface area contributed by atoms with E-state index in [0.717, 1.165) is 0 Å². The highest BCUT2D eigenvalue weighted by Gasteiger charge is 2.12. The van der Waals surface area contributed by atoms with Crippen molar-refractivity contribution in [3.63, 3.8) is 0 Å². The molecule has 6 heteroatoms. The number of rotatable bonds is 5. The Morgan fingerprint density at radius 2 is 2.15 bits per heavy atom. The van der Waals surface area contributed by atoms with Gasteiger partial charge in [-0.2, -0.15) is 0 Å². The molecule has 0 spiro atoms. The molecular formula is C14H15FN2O3. The third-order valence-corrected chi connectivity index (χ3v) is 2.67. The van der Waals surface area contributed by atoms with Gasteiger partial charge in [0.1, 0.15) is 12.1 Å². The molecule has 0 aliphatic rings. The van der Waals surface area contributed by atoms with Crippen LogP contribution < -0.4 is 5.32 Å². The van der Waals surface area contributed by atoms with Crippen molar-refractivity contribution in [2.45, 2.75) is 19.4 Å². The number of amides is 1. The van der Waals surface area contributed by atoms with Crippen molar-refractivity contribution in [3.8, 4) is 11.5 Å². The minimum atomic E-state index is -0.335. The van der Waals surface area contributed by atoms with Crippen LogP contribution >= 0.6 is 0 Å². The van der Waals surface area contributed by atoms with Crippen LogP contribution in [0.15, 0.2) is 34.9 Å². The molecule has 1 aromatic carbocycles. The molecule has 1 unspecified atom stereocenters. The number of nitrogens with one attached hydrogen (secondary N) is 1. The minimum Gasteiger partial charge on any atom is -0.444 e. The minimum absolute atomic E-state index is 0.0645. The monoisotopic (exact) mass is 278 g/mol. The zero-order valence-electron chi connectivity index (χ0n) is 11.0. The van der Waals surface area contributed by atoms with E-state index < -0.39 is 0 Å². The van der Waals surface area contributed by atoms with E-state index in [1.165, 1.54) is 18.4 Å². The highest BCUT2D eigenvalue weighted by molar-refractivity contribution is 5.78. The van der Waals surface area contributed by atoms with Crippen molar-refractivity contribution in [3.05, 3.63) is 42.0 Å². The molecule has 0 radical (unpaired) electrons. The van der Waals surface area contributed by atoms with Crippen LogP contribution in [-0.2, 0) is 11.2 Å². The molecule has 0 fully saturated rings. The van der Waals surface area contributed by atoms with Gasteiger partial charge in [-0.15, -0.1) is 0 Å². The fraction of sp³-hybridized carbons (Fsp3) is 0.286. The molecule has 0 aliphatic carbocycles. The molecule has 0 aliphatic heterocycles. The number of benzene rings is 1. The standard InChI is InChI=1S/C14H15FN2O3/c1-9(7-18)16-13(19)6-12-8-20-14(17-12)10-2-4-11(15)5-3-10/h2-5,8-9,18H,6-7H2,1H3,(H,16,19). The number of nitrogens with zero attached hydrogens (tertiary/aromatic N) is 1. The predicted octanol–water partition coefficient (Wildman–Crippen LogP) is 1.52. The molecule has 106 valence electrons. The molecule has 2 rings (SSSR count). The van der Waals surface area contributed by atoms with E-state index in [4.69, 9.17) is 9.52 Å². The van der Waals surface area contributed by atoms with E-state index in [0.29, 0.717) is 17.1 Å². The van der Waals surface area contributed by atoms with Gasteiger partial charge >= 0.3 is 0 Å². The van der Waals surface area contributed by atoms with Crippen LogP contribution in [0.3, 0.4) is 0 Å². The van der Waals surface area contributed by atoms with E-state index >= 15 is 0 Å². The van der Waals surface area contributed by atoms with Gasteiger partial charge < -0.3 is 14.8 Å². The van der Waals surface area contributed by atoms with Gasteiger partial charge in [0.05, 0.1) is 18.7 Å². The van der Waals surface area contributed by atoms with Gasteiger partial charge in [0, 0.05) is 11.6 Å². The fourth-order valence-electron chi connectivity index (χ4n) is 1.65. The molecule has 1 amide bonds. The van der Waals surface area contributed by atoms with Gasteiger partial charge in [0.2, 0.25) is 11.8 Å². The highest BCUT2D eigenvalue weighted by atomic mass is 19.1. The summed E-state index contributed by atoms with van der Waals surface area (Å²) < 4.78 is 18.1. The number of aromatic nitrogens is 1. The van der Waals surface area contributed by atoms with Gasteiger partial charge in [-0.25, -0.2) is 9.37 Å². The molecular weight excluding hydrogens is 263 g/mol. The topological polar surface area (TPSA) is 75.4 Å². The van der Waals surface area contributed by atoms with Crippen molar-refractivity contribution in [1.82, 2.24) is 10.3 Å².